The molecule has 1 fully saturated rings. The minimum atomic E-state index is -0.377. The van der Waals surface area contributed by atoms with E-state index in [0.29, 0.717) is 11.6 Å². The number of carbonyl (C=O) groups is 1. The normalized spacial score (nSPS) is 18.1. The van der Waals surface area contributed by atoms with Crippen molar-refractivity contribution in [3.8, 4) is 0 Å². The number of benzene rings is 1. The van der Waals surface area contributed by atoms with Gasteiger partial charge < -0.3 is 10.2 Å². The maximum Gasteiger partial charge on any atom is 0.248 e. The highest BCUT2D eigenvalue weighted by Crippen LogP contribution is 2.19. The molecule has 134 valence electrons. The van der Waals surface area contributed by atoms with E-state index < -0.39 is 0 Å². The predicted octanol–water partition coefficient (Wildman–Crippen LogP) is 2.04. The molecule has 1 aromatic carbocycles. The van der Waals surface area contributed by atoms with E-state index in [1.54, 1.807) is 6.07 Å². The molecule has 2 heterocycles. The summed E-state index contributed by atoms with van der Waals surface area (Å²) in [6.07, 6.45) is 3.81. The largest absolute Gasteiger partial charge is 0.444 e. The summed E-state index contributed by atoms with van der Waals surface area (Å²) in [4.78, 5) is 20.4. The molecule has 2 N–H and O–H groups in total. The molecule has 0 aliphatic carbocycles. The number of nitrogens with zero attached hydrogens (tertiary/aromatic N) is 3. The van der Waals surface area contributed by atoms with E-state index in [-0.39, 0.29) is 5.91 Å². The molecule has 1 aliphatic heterocycles. The summed E-state index contributed by atoms with van der Waals surface area (Å²) in [5.41, 5.74) is 7.06. The van der Waals surface area contributed by atoms with E-state index in [0.717, 1.165) is 56.2 Å². The molecular formula is C19H26N4O2. The Bertz CT molecular complexity index is 728. The van der Waals surface area contributed by atoms with Gasteiger partial charge in [0.05, 0.1) is 12.7 Å². The number of likely N-dealkylation sites (tertiary alicyclic amines) is 1. The number of likely N-dealkylation sites (N-methyl/N-ethyl adjacent to an activating group) is 1. The molecule has 1 aliphatic rings. The molecule has 1 amide bonds. The van der Waals surface area contributed by atoms with Crippen molar-refractivity contribution >= 4 is 5.91 Å². The minimum absolute atomic E-state index is 0.377. The lowest BCUT2D eigenvalue weighted by molar-refractivity contribution is 0.1000. The number of aromatic nitrogens is 1. The first-order chi connectivity index (χ1) is 12.0. The first-order valence-corrected chi connectivity index (χ1v) is 8.80. The molecule has 0 bridgehead atoms. The second-order valence-electron chi connectivity index (χ2n) is 6.73. The summed E-state index contributed by atoms with van der Waals surface area (Å²) in [6.45, 7) is 5.68. The molecule has 1 saturated heterocycles. The van der Waals surface area contributed by atoms with Crippen molar-refractivity contribution in [2.24, 2.45) is 5.73 Å². The first-order valence-electron chi connectivity index (χ1n) is 8.80. The molecule has 3 rings (SSSR count). The van der Waals surface area contributed by atoms with Crippen LogP contribution in [0.3, 0.4) is 0 Å². The average Bonchev–Trinajstić information content (AvgIpc) is 3.24. The van der Waals surface area contributed by atoms with Gasteiger partial charge in [-0.05, 0) is 31.2 Å². The summed E-state index contributed by atoms with van der Waals surface area (Å²) >= 11 is 0. The number of aryl methyl sites for hydroxylation is 1. The lowest BCUT2D eigenvalue weighted by Crippen LogP contribution is -2.34. The standard InChI is InChI=1S/C19H26N4O2/c1-3-17-10-21-18(25-17)13-22(2)16-7-8-23(12-16)11-14-5-4-6-15(9-14)19(20)24/h4-6,9-10,16H,3,7-8,11-13H2,1-2H3,(H2,20,24)/t16-/m0/s1. The third-order valence-corrected chi connectivity index (χ3v) is 4.82. The zero-order valence-corrected chi connectivity index (χ0v) is 14.9. The van der Waals surface area contributed by atoms with Crippen molar-refractivity contribution in [2.45, 2.75) is 38.9 Å². The third-order valence-electron chi connectivity index (χ3n) is 4.82. The van der Waals surface area contributed by atoms with E-state index in [1.165, 1.54) is 0 Å². The third kappa shape index (κ3) is 4.46. The molecule has 0 unspecified atom stereocenters. The van der Waals surface area contributed by atoms with Crippen molar-refractivity contribution in [2.75, 3.05) is 20.1 Å². The molecule has 2 aromatic rings. The lowest BCUT2D eigenvalue weighted by atomic mass is 10.1. The van der Waals surface area contributed by atoms with Gasteiger partial charge in [-0.25, -0.2) is 4.98 Å². The molecule has 6 nitrogen and oxygen atoms in total. The van der Waals surface area contributed by atoms with Gasteiger partial charge in [-0.3, -0.25) is 14.6 Å². The number of primary amides is 1. The number of carbonyl (C=O) groups excluding carboxylic acids is 1. The summed E-state index contributed by atoms with van der Waals surface area (Å²) in [7, 11) is 2.12. The summed E-state index contributed by atoms with van der Waals surface area (Å²) in [6, 6.07) is 8.06. The van der Waals surface area contributed by atoms with Gasteiger partial charge in [-0.1, -0.05) is 19.1 Å². The number of hydrogen-bond acceptors (Lipinski definition) is 5. The first kappa shape index (κ1) is 17.6. The van der Waals surface area contributed by atoms with Crippen molar-refractivity contribution in [3.63, 3.8) is 0 Å². The maximum absolute atomic E-state index is 11.3. The Labute approximate surface area is 148 Å². The number of oxazole rings is 1. The molecular weight excluding hydrogens is 316 g/mol. The van der Waals surface area contributed by atoms with Crippen LogP contribution >= 0.6 is 0 Å². The molecule has 6 heteroatoms. The Balaban J connectivity index is 1.54. The van der Waals surface area contributed by atoms with Gasteiger partial charge in [0.15, 0.2) is 0 Å². The summed E-state index contributed by atoms with van der Waals surface area (Å²) < 4.78 is 5.71. The van der Waals surface area contributed by atoms with Crippen molar-refractivity contribution in [1.82, 2.24) is 14.8 Å². The van der Waals surface area contributed by atoms with Gasteiger partial charge in [-0.15, -0.1) is 0 Å². The van der Waals surface area contributed by atoms with Crippen molar-refractivity contribution in [3.05, 3.63) is 53.2 Å². The van der Waals surface area contributed by atoms with E-state index in [9.17, 15) is 4.79 Å². The highest BCUT2D eigenvalue weighted by molar-refractivity contribution is 5.92. The Morgan fingerprint density at radius 2 is 2.32 bits per heavy atom. The van der Waals surface area contributed by atoms with Gasteiger partial charge in [0.25, 0.3) is 0 Å². The van der Waals surface area contributed by atoms with Crippen LogP contribution in [0.1, 0.15) is 40.9 Å². The number of nitrogens with two attached hydrogens (primary N) is 1. The molecule has 25 heavy (non-hydrogen) atoms. The van der Waals surface area contributed by atoms with E-state index in [1.807, 2.05) is 24.4 Å². The van der Waals surface area contributed by atoms with Crippen LogP contribution in [-0.4, -0.2) is 46.9 Å². The van der Waals surface area contributed by atoms with Crippen LogP contribution in [0.5, 0.6) is 0 Å². The predicted molar refractivity (Wildman–Crippen MR) is 96.0 cm³/mol. The summed E-state index contributed by atoms with van der Waals surface area (Å²) in [5.74, 6) is 1.34. The second-order valence-corrected chi connectivity index (χ2v) is 6.73. The fourth-order valence-corrected chi connectivity index (χ4v) is 3.32. The maximum atomic E-state index is 11.3. The fourth-order valence-electron chi connectivity index (χ4n) is 3.32. The zero-order valence-electron chi connectivity index (χ0n) is 14.9. The highest BCUT2D eigenvalue weighted by Gasteiger charge is 2.26. The van der Waals surface area contributed by atoms with Gasteiger partial charge >= 0.3 is 0 Å². The minimum Gasteiger partial charge on any atom is -0.444 e. The Kier molecular flexibility index (Phi) is 5.50. The quantitative estimate of drug-likeness (QED) is 0.833. The van der Waals surface area contributed by atoms with Crippen LogP contribution in [0.15, 0.2) is 34.9 Å². The van der Waals surface area contributed by atoms with Gasteiger partial charge in [-0.2, -0.15) is 0 Å². The Morgan fingerprint density at radius 1 is 1.48 bits per heavy atom. The Morgan fingerprint density at radius 3 is 3.04 bits per heavy atom. The van der Waals surface area contributed by atoms with Crippen LogP contribution in [-0.2, 0) is 19.5 Å². The topological polar surface area (TPSA) is 75.6 Å². The van der Waals surface area contributed by atoms with Crippen LogP contribution in [0.4, 0.5) is 0 Å². The van der Waals surface area contributed by atoms with Crippen LogP contribution < -0.4 is 5.73 Å². The smallest absolute Gasteiger partial charge is 0.248 e. The van der Waals surface area contributed by atoms with Crippen molar-refractivity contribution < 1.29 is 9.21 Å². The average molecular weight is 342 g/mol. The number of amides is 1. The molecule has 0 spiro atoms. The van der Waals surface area contributed by atoms with Crippen molar-refractivity contribution in [1.29, 1.82) is 0 Å². The van der Waals surface area contributed by atoms with E-state index in [4.69, 9.17) is 10.2 Å². The van der Waals surface area contributed by atoms with Gasteiger partial charge in [0, 0.05) is 37.7 Å². The van der Waals surface area contributed by atoms with E-state index in [2.05, 4.69) is 28.8 Å². The molecule has 0 radical (unpaired) electrons. The lowest BCUT2D eigenvalue weighted by Gasteiger charge is -2.23. The van der Waals surface area contributed by atoms with E-state index >= 15 is 0 Å². The second kappa shape index (κ2) is 7.80. The molecule has 0 saturated carbocycles. The fraction of sp³-hybridized carbons (Fsp3) is 0.474. The Hall–Kier alpha value is -2.18. The van der Waals surface area contributed by atoms with Crippen LogP contribution in [0, 0.1) is 0 Å². The molecule has 1 aromatic heterocycles. The number of rotatable bonds is 7. The highest BCUT2D eigenvalue weighted by atomic mass is 16.4. The van der Waals surface area contributed by atoms with Crippen LogP contribution in [0.25, 0.3) is 0 Å². The van der Waals surface area contributed by atoms with Crippen LogP contribution in [0.2, 0.25) is 0 Å². The van der Waals surface area contributed by atoms with Gasteiger partial charge in [0.2, 0.25) is 11.8 Å². The number of hydrogen-bond donors (Lipinski definition) is 1. The van der Waals surface area contributed by atoms with Gasteiger partial charge in [0.1, 0.15) is 5.76 Å². The SMILES string of the molecule is CCc1cnc(CN(C)[C@H]2CCN(Cc3cccc(C(N)=O)c3)C2)o1. The zero-order chi connectivity index (χ0) is 17.8. The monoisotopic (exact) mass is 342 g/mol. The molecule has 1 atom stereocenters. The summed E-state index contributed by atoms with van der Waals surface area (Å²) in [5, 5.41) is 0.